The molecule has 0 heterocycles. The molecule has 0 unspecified atom stereocenters. The van der Waals surface area contributed by atoms with Crippen LogP contribution in [0.1, 0.15) is 25.0 Å². The van der Waals surface area contributed by atoms with Gasteiger partial charge >= 0.3 is 0 Å². The van der Waals surface area contributed by atoms with Gasteiger partial charge in [-0.15, -0.1) is 0 Å². The summed E-state index contributed by atoms with van der Waals surface area (Å²) in [5, 5.41) is 25.6. The highest BCUT2D eigenvalue weighted by atomic mass is 16.3. The predicted octanol–water partition coefficient (Wildman–Crippen LogP) is 3.03. The number of rotatable bonds is 2. The fraction of sp³-hybridized carbons (Fsp3) is 0.250. The standard InChI is InChI=1S/C15H16O2.CH4O/c1-15(2,11-3-7-13(16)8-4-11)12-5-9-14(17)10-6-12;1-2/h3-10,16-17H,1-2H3;2H,1H3. The summed E-state index contributed by atoms with van der Waals surface area (Å²) >= 11 is 0. The van der Waals surface area contributed by atoms with Gasteiger partial charge in [-0.25, -0.2) is 0 Å². The van der Waals surface area contributed by atoms with Crippen LogP contribution in [0.15, 0.2) is 48.5 Å². The lowest BCUT2D eigenvalue weighted by atomic mass is 9.78. The number of aliphatic hydroxyl groups is 1. The maximum Gasteiger partial charge on any atom is 0.115 e. The van der Waals surface area contributed by atoms with Gasteiger partial charge in [0.1, 0.15) is 11.5 Å². The Labute approximate surface area is 113 Å². The van der Waals surface area contributed by atoms with Gasteiger partial charge in [-0.3, -0.25) is 0 Å². The number of hydrogen-bond donors (Lipinski definition) is 3. The van der Waals surface area contributed by atoms with Crippen LogP contribution in [0.25, 0.3) is 0 Å². The molecule has 0 aliphatic carbocycles. The van der Waals surface area contributed by atoms with E-state index in [9.17, 15) is 10.2 Å². The molecule has 19 heavy (non-hydrogen) atoms. The zero-order chi connectivity index (χ0) is 14.5. The van der Waals surface area contributed by atoms with Crippen molar-refractivity contribution >= 4 is 0 Å². The van der Waals surface area contributed by atoms with E-state index in [-0.39, 0.29) is 16.9 Å². The molecule has 0 radical (unpaired) electrons. The van der Waals surface area contributed by atoms with Crippen LogP contribution in [0.5, 0.6) is 11.5 Å². The van der Waals surface area contributed by atoms with Crippen LogP contribution in [0.2, 0.25) is 0 Å². The maximum atomic E-state index is 9.30. The Morgan fingerprint density at radius 1 is 0.632 bits per heavy atom. The molecule has 2 aromatic rings. The number of aromatic hydroxyl groups is 2. The Morgan fingerprint density at radius 2 is 0.895 bits per heavy atom. The number of hydrogen-bond acceptors (Lipinski definition) is 3. The van der Waals surface area contributed by atoms with Crippen molar-refractivity contribution in [3.63, 3.8) is 0 Å². The molecule has 0 bridgehead atoms. The Balaban J connectivity index is 0.000000861. The van der Waals surface area contributed by atoms with Crippen LogP contribution >= 0.6 is 0 Å². The predicted molar refractivity (Wildman–Crippen MR) is 76.5 cm³/mol. The molecular formula is C16H20O3. The minimum Gasteiger partial charge on any atom is -0.508 e. The van der Waals surface area contributed by atoms with Crippen molar-refractivity contribution in [3.05, 3.63) is 59.7 Å². The molecule has 3 nitrogen and oxygen atoms in total. The first-order valence-electron chi connectivity index (χ1n) is 6.04. The maximum absolute atomic E-state index is 9.30. The first-order chi connectivity index (χ1) is 9.00. The third-order valence-corrected chi connectivity index (χ3v) is 3.18. The van der Waals surface area contributed by atoms with Crippen LogP contribution in [0.4, 0.5) is 0 Å². The van der Waals surface area contributed by atoms with Gasteiger partial charge in [0.15, 0.2) is 0 Å². The van der Waals surface area contributed by atoms with E-state index in [1.54, 1.807) is 24.3 Å². The van der Waals surface area contributed by atoms with Crippen molar-refractivity contribution in [2.75, 3.05) is 7.11 Å². The zero-order valence-electron chi connectivity index (χ0n) is 11.5. The van der Waals surface area contributed by atoms with E-state index < -0.39 is 0 Å². The summed E-state index contributed by atoms with van der Waals surface area (Å²) in [5.41, 5.74) is 2.10. The minimum atomic E-state index is -0.151. The van der Waals surface area contributed by atoms with E-state index in [2.05, 4.69) is 13.8 Å². The fourth-order valence-electron chi connectivity index (χ4n) is 1.92. The Bertz CT molecular complexity index is 451. The second kappa shape index (κ2) is 6.25. The fourth-order valence-corrected chi connectivity index (χ4v) is 1.92. The van der Waals surface area contributed by atoms with E-state index in [4.69, 9.17) is 5.11 Å². The summed E-state index contributed by atoms with van der Waals surface area (Å²) in [5.74, 6) is 0.547. The molecule has 2 aromatic carbocycles. The van der Waals surface area contributed by atoms with Crippen molar-refractivity contribution in [2.24, 2.45) is 0 Å². The van der Waals surface area contributed by atoms with Gasteiger partial charge in [-0.2, -0.15) is 0 Å². The van der Waals surface area contributed by atoms with Crippen LogP contribution in [-0.4, -0.2) is 22.4 Å². The molecule has 0 saturated heterocycles. The largest absolute Gasteiger partial charge is 0.508 e. The summed E-state index contributed by atoms with van der Waals surface area (Å²) in [6.45, 7) is 4.23. The number of phenols is 2. The van der Waals surface area contributed by atoms with E-state index in [1.807, 2.05) is 24.3 Å². The zero-order valence-corrected chi connectivity index (χ0v) is 11.5. The average molecular weight is 260 g/mol. The molecule has 0 amide bonds. The highest BCUT2D eigenvalue weighted by molar-refractivity contribution is 5.41. The van der Waals surface area contributed by atoms with Gasteiger partial charge in [-0.1, -0.05) is 38.1 Å². The molecule has 0 fully saturated rings. The first-order valence-corrected chi connectivity index (χ1v) is 6.04. The van der Waals surface area contributed by atoms with E-state index in [1.165, 1.54) is 0 Å². The SMILES string of the molecule is CC(C)(c1ccc(O)cc1)c1ccc(O)cc1.CO. The quantitative estimate of drug-likeness (QED) is 0.777. The third kappa shape index (κ3) is 3.48. The van der Waals surface area contributed by atoms with Gasteiger partial charge < -0.3 is 15.3 Å². The van der Waals surface area contributed by atoms with Crippen LogP contribution in [-0.2, 0) is 5.41 Å². The van der Waals surface area contributed by atoms with E-state index in [0.29, 0.717) is 0 Å². The molecule has 0 spiro atoms. The molecule has 0 aromatic heterocycles. The molecule has 102 valence electrons. The molecule has 2 rings (SSSR count). The van der Waals surface area contributed by atoms with Crippen LogP contribution < -0.4 is 0 Å². The van der Waals surface area contributed by atoms with Gasteiger partial charge in [0.2, 0.25) is 0 Å². The topological polar surface area (TPSA) is 60.7 Å². The van der Waals surface area contributed by atoms with Crippen LogP contribution in [0.3, 0.4) is 0 Å². The van der Waals surface area contributed by atoms with Crippen molar-refractivity contribution < 1.29 is 15.3 Å². The van der Waals surface area contributed by atoms with Crippen molar-refractivity contribution in [1.29, 1.82) is 0 Å². The molecule has 3 N–H and O–H groups in total. The lowest BCUT2D eigenvalue weighted by molar-refractivity contribution is 0.399. The van der Waals surface area contributed by atoms with Gasteiger partial charge in [-0.05, 0) is 35.4 Å². The van der Waals surface area contributed by atoms with Gasteiger partial charge in [0.25, 0.3) is 0 Å². The molecule has 0 aliphatic heterocycles. The lowest BCUT2D eigenvalue weighted by Crippen LogP contribution is -2.18. The smallest absolute Gasteiger partial charge is 0.115 e. The molecule has 0 atom stereocenters. The summed E-state index contributed by atoms with van der Waals surface area (Å²) in [6.07, 6.45) is 0. The normalized spacial score (nSPS) is 10.5. The monoisotopic (exact) mass is 260 g/mol. The number of phenolic OH excluding ortho intramolecular Hbond substituents is 2. The Kier molecular flexibility index (Phi) is 4.95. The molecular weight excluding hydrogens is 240 g/mol. The van der Waals surface area contributed by atoms with E-state index in [0.717, 1.165) is 18.2 Å². The summed E-state index contributed by atoms with van der Waals surface area (Å²) in [6, 6.07) is 14.4. The summed E-state index contributed by atoms with van der Waals surface area (Å²) in [4.78, 5) is 0. The van der Waals surface area contributed by atoms with Gasteiger partial charge in [0.05, 0.1) is 0 Å². The molecule has 0 saturated carbocycles. The summed E-state index contributed by atoms with van der Waals surface area (Å²) < 4.78 is 0. The Hall–Kier alpha value is -2.00. The van der Waals surface area contributed by atoms with Crippen LogP contribution in [0, 0.1) is 0 Å². The minimum absolute atomic E-state index is 0.151. The highest BCUT2D eigenvalue weighted by Gasteiger charge is 2.22. The first kappa shape index (κ1) is 15.1. The van der Waals surface area contributed by atoms with Gasteiger partial charge in [0, 0.05) is 12.5 Å². The average Bonchev–Trinajstić information content (AvgIpc) is 2.42. The van der Waals surface area contributed by atoms with Crippen molar-refractivity contribution in [2.45, 2.75) is 19.3 Å². The number of benzene rings is 2. The molecule has 0 aliphatic rings. The second-order valence-corrected chi connectivity index (χ2v) is 4.72. The van der Waals surface area contributed by atoms with E-state index >= 15 is 0 Å². The third-order valence-electron chi connectivity index (χ3n) is 3.18. The number of aliphatic hydroxyl groups excluding tert-OH is 1. The second-order valence-electron chi connectivity index (χ2n) is 4.72. The lowest BCUT2D eigenvalue weighted by Gasteiger charge is -2.26. The Morgan fingerprint density at radius 3 is 1.16 bits per heavy atom. The highest BCUT2D eigenvalue weighted by Crippen LogP contribution is 2.32. The summed E-state index contributed by atoms with van der Waals surface area (Å²) in [7, 11) is 1.00. The van der Waals surface area contributed by atoms with Crippen molar-refractivity contribution in [3.8, 4) is 11.5 Å². The van der Waals surface area contributed by atoms with Crippen molar-refractivity contribution in [1.82, 2.24) is 0 Å². The molecule has 3 heteroatoms.